The Hall–Kier alpha value is -1.94. The molecule has 0 spiro atoms. The highest BCUT2D eigenvalue weighted by molar-refractivity contribution is 7.16. The molecule has 84 valence electrons. The second-order valence-corrected chi connectivity index (χ2v) is 4.79. The summed E-state index contributed by atoms with van der Waals surface area (Å²) in [7, 11) is 0. The molecule has 2 heterocycles. The highest BCUT2D eigenvalue weighted by Crippen LogP contribution is 2.29. The van der Waals surface area contributed by atoms with Crippen molar-refractivity contribution in [2.75, 3.05) is 0 Å². The predicted molar refractivity (Wildman–Crippen MR) is 67.4 cm³/mol. The number of aromatic nitrogens is 1. The standard InChI is InChI=1S/C13H9NO2S/c1-8-12(7-15)17-13(14-8)10-2-3-11-9(6-10)4-5-16-11/h2-7H,1H3. The van der Waals surface area contributed by atoms with Gasteiger partial charge in [-0.3, -0.25) is 4.79 Å². The molecule has 0 aliphatic heterocycles. The molecule has 17 heavy (non-hydrogen) atoms. The molecule has 0 saturated heterocycles. The Bertz CT molecular complexity index is 696. The highest BCUT2D eigenvalue weighted by atomic mass is 32.1. The largest absolute Gasteiger partial charge is 0.464 e. The number of benzene rings is 1. The number of furan rings is 1. The summed E-state index contributed by atoms with van der Waals surface area (Å²) >= 11 is 1.41. The van der Waals surface area contributed by atoms with Crippen LogP contribution in [0.1, 0.15) is 15.4 Å². The van der Waals surface area contributed by atoms with E-state index < -0.39 is 0 Å². The quantitative estimate of drug-likeness (QED) is 0.645. The molecule has 4 heteroatoms. The monoisotopic (exact) mass is 243 g/mol. The summed E-state index contributed by atoms with van der Waals surface area (Å²) in [5.74, 6) is 0. The van der Waals surface area contributed by atoms with Gasteiger partial charge in [0, 0.05) is 10.9 Å². The lowest BCUT2D eigenvalue weighted by Gasteiger charge is -1.95. The number of aldehydes is 1. The number of thiazole rings is 1. The maximum atomic E-state index is 10.8. The first-order valence-corrected chi connectivity index (χ1v) is 6.00. The summed E-state index contributed by atoms with van der Waals surface area (Å²) < 4.78 is 5.29. The van der Waals surface area contributed by atoms with E-state index in [4.69, 9.17) is 4.42 Å². The SMILES string of the molecule is Cc1nc(-c2ccc3occc3c2)sc1C=O. The summed E-state index contributed by atoms with van der Waals surface area (Å²) in [6.45, 7) is 1.85. The van der Waals surface area contributed by atoms with Crippen molar-refractivity contribution >= 4 is 28.6 Å². The van der Waals surface area contributed by atoms with Gasteiger partial charge in [0.15, 0.2) is 6.29 Å². The van der Waals surface area contributed by atoms with E-state index in [0.717, 1.165) is 33.5 Å². The third-order valence-corrected chi connectivity index (χ3v) is 3.77. The number of nitrogens with zero attached hydrogens (tertiary/aromatic N) is 1. The normalized spacial score (nSPS) is 10.9. The lowest BCUT2D eigenvalue weighted by Crippen LogP contribution is -1.78. The molecule has 0 saturated carbocycles. The van der Waals surface area contributed by atoms with Crippen molar-refractivity contribution in [3.63, 3.8) is 0 Å². The number of hydrogen-bond acceptors (Lipinski definition) is 4. The molecule has 0 bridgehead atoms. The fraction of sp³-hybridized carbons (Fsp3) is 0.0769. The van der Waals surface area contributed by atoms with Gasteiger partial charge in [0.25, 0.3) is 0 Å². The Labute approximate surface area is 102 Å². The molecule has 0 fully saturated rings. The van der Waals surface area contributed by atoms with E-state index in [9.17, 15) is 4.79 Å². The Morgan fingerprint density at radius 3 is 3.00 bits per heavy atom. The van der Waals surface area contributed by atoms with Gasteiger partial charge in [-0.25, -0.2) is 4.98 Å². The van der Waals surface area contributed by atoms with Gasteiger partial charge in [0.1, 0.15) is 10.6 Å². The van der Waals surface area contributed by atoms with Gasteiger partial charge in [0.2, 0.25) is 0 Å². The summed E-state index contributed by atoms with van der Waals surface area (Å²) in [4.78, 5) is 15.9. The third kappa shape index (κ3) is 1.66. The summed E-state index contributed by atoms with van der Waals surface area (Å²) in [5, 5.41) is 1.91. The number of fused-ring (bicyclic) bond motifs is 1. The van der Waals surface area contributed by atoms with Gasteiger partial charge >= 0.3 is 0 Å². The number of carbonyl (C=O) groups excluding carboxylic acids is 1. The Morgan fingerprint density at radius 1 is 1.35 bits per heavy atom. The van der Waals surface area contributed by atoms with Crippen LogP contribution in [-0.2, 0) is 0 Å². The van der Waals surface area contributed by atoms with E-state index in [-0.39, 0.29) is 0 Å². The molecule has 0 atom stereocenters. The second kappa shape index (κ2) is 3.82. The number of aryl methyl sites for hydroxylation is 1. The van der Waals surface area contributed by atoms with Crippen LogP contribution in [0.2, 0.25) is 0 Å². The average Bonchev–Trinajstić information content (AvgIpc) is 2.93. The van der Waals surface area contributed by atoms with Gasteiger partial charge in [-0.2, -0.15) is 0 Å². The van der Waals surface area contributed by atoms with Crippen LogP contribution in [0.25, 0.3) is 21.5 Å². The van der Waals surface area contributed by atoms with E-state index in [1.165, 1.54) is 11.3 Å². The maximum absolute atomic E-state index is 10.8. The smallest absolute Gasteiger partial charge is 0.161 e. The van der Waals surface area contributed by atoms with Gasteiger partial charge in [-0.1, -0.05) is 0 Å². The first kappa shape index (κ1) is 10.2. The lowest BCUT2D eigenvalue weighted by molar-refractivity contribution is 0.112. The first-order valence-electron chi connectivity index (χ1n) is 5.18. The summed E-state index contributed by atoms with van der Waals surface area (Å²) in [6, 6.07) is 7.81. The molecule has 1 aromatic carbocycles. The molecular weight excluding hydrogens is 234 g/mol. The molecule has 3 rings (SSSR count). The van der Waals surface area contributed by atoms with Crippen molar-refractivity contribution in [2.24, 2.45) is 0 Å². The summed E-state index contributed by atoms with van der Waals surface area (Å²) in [5.41, 5.74) is 2.66. The zero-order valence-corrected chi connectivity index (χ0v) is 9.95. The minimum Gasteiger partial charge on any atom is -0.464 e. The van der Waals surface area contributed by atoms with Crippen molar-refractivity contribution in [1.82, 2.24) is 4.98 Å². The molecule has 3 nitrogen and oxygen atoms in total. The van der Waals surface area contributed by atoms with Gasteiger partial charge in [-0.05, 0) is 31.2 Å². The third-order valence-electron chi connectivity index (χ3n) is 2.64. The Kier molecular flexibility index (Phi) is 2.30. The second-order valence-electron chi connectivity index (χ2n) is 3.76. The van der Waals surface area contributed by atoms with Crippen LogP contribution in [0, 0.1) is 6.92 Å². The minimum absolute atomic E-state index is 0.687. The van der Waals surface area contributed by atoms with Crippen molar-refractivity contribution < 1.29 is 9.21 Å². The van der Waals surface area contributed by atoms with Crippen LogP contribution in [0.4, 0.5) is 0 Å². The van der Waals surface area contributed by atoms with Crippen molar-refractivity contribution in [3.05, 3.63) is 41.1 Å². The molecule has 0 aliphatic rings. The van der Waals surface area contributed by atoms with E-state index in [1.807, 2.05) is 31.2 Å². The topological polar surface area (TPSA) is 43.1 Å². The molecule has 0 N–H and O–H groups in total. The number of hydrogen-bond donors (Lipinski definition) is 0. The molecular formula is C13H9NO2S. The van der Waals surface area contributed by atoms with Crippen LogP contribution >= 0.6 is 11.3 Å². The number of carbonyl (C=O) groups is 1. The van der Waals surface area contributed by atoms with Crippen LogP contribution in [0.5, 0.6) is 0 Å². The zero-order valence-electron chi connectivity index (χ0n) is 9.14. The highest BCUT2D eigenvalue weighted by Gasteiger charge is 2.09. The van der Waals surface area contributed by atoms with Gasteiger partial charge < -0.3 is 4.42 Å². The fourth-order valence-electron chi connectivity index (χ4n) is 1.74. The predicted octanol–water partition coefficient (Wildman–Crippen LogP) is 3.68. The van der Waals surface area contributed by atoms with Crippen molar-refractivity contribution in [3.8, 4) is 10.6 Å². The molecule has 0 amide bonds. The molecule has 2 aromatic heterocycles. The van der Waals surface area contributed by atoms with Gasteiger partial charge in [0.05, 0.1) is 16.8 Å². The Balaban J connectivity index is 2.15. The van der Waals surface area contributed by atoms with E-state index >= 15 is 0 Å². The van der Waals surface area contributed by atoms with Crippen LogP contribution in [0.3, 0.4) is 0 Å². The minimum atomic E-state index is 0.687. The van der Waals surface area contributed by atoms with E-state index in [0.29, 0.717) is 4.88 Å². The molecule has 3 aromatic rings. The lowest BCUT2D eigenvalue weighted by atomic mass is 10.2. The van der Waals surface area contributed by atoms with E-state index in [2.05, 4.69) is 4.98 Å². The zero-order chi connectivity index (χ0) is 11.8. The van der Waals surface area contributed by atoms with Crippen LogP contribution < -0.4 is 0 Å². The maximum Gasteiger partial charge on any atom is 0.161 e. The molecule has 0 radical (unpaired) electrons. The summed E-state index contributed by atoms with van der Waals surface area (Å²) in [6.07, 6.45) is 2.52. The van der Waals surface area contributed by atoms with E-state index in [1.54, 1.807) is 6.26 Å². The van der Waals surface area contributed by atoms with Crippen molar-refractivity contribution in [1.29, 1.82) is 0 Å². The van der Waals surface area contributed by atoms with Crippen molar-refractivity contribution in [2.45, 2.75) is 6.92 Å². The van der Waals surface area contributed by atoms with Crippen LogP contribution in [0.15, 0.2) is 34.9 Å². The van der Waals surface area contributed by atoms with Gasteiger partial charge in [-0.15, -0.1) is 11.3 Å². The Morgan fingerprint density at radius 2 is 2.24 bits per heavy atom. The number of rotatable bonds is 2. The van der Waals surface area contributed by atoms with Crippen LogP contribution in [-0.4, -0.2) is 11.3 Å². The first-order chi connectivity index (χ1) is 8.28. The fourth-order valence-corrected chi connectivity index (χ4v) is 2.62. The molecule has 0 unspecified atom stereocenters. The molecule has 0 aliphatic carbocycles. The average molecular weight is 243 g/mol.